The molecule has 1 aromatic rings. The molecule has 2 heterocycles. The average Bonchev–Trinajstić information content (AvgIpc) is 2.42. The molecule has 1 saturated heterocycles. The normalized spacial score (nSPS) is 22.8. The number of sulfonamides is 1. The van der Waals surface area contributed by atoms with Gasteiger partial charge in [0.25, 0.3) is 5.56 Å². The van der Waals surface area contributed by atoms with E-state index in [1.807, 2.05) is 4.90 Å². The SMILES string of the molecule is Cc1cc(=O)[nH]c(N2CCCC(NS(=O)(=O)CC3CCC3)C2)n1. The van der Waals surface area contributed by atoms with Crippen molar-refractivity contribution in [2.45, 2.75) is 45.1 Å². The minimum atomic E-state index is -3.23. The fraction of sp³-hybridized carbons (Fsp3) is 0.733. The van der Waals surface area contributed by atoms with Crippen molar-refractivity contribution in [3.8, 4) is 0 Å². The molecule has 0 radical (unpaired) electrons. The van der Waals surface area contributed by atoms with Crippen molar-refractivity contribution in [2.24, 2.45) is 5.92 Å². The molecule has 7 nitrogen and oxygen atoms in total. The molecule has 1 saturated carbocycles. The maximum absolute atomic E-state index is 12.3. The first-order chi connectivity index (χ1) is 10.9. The van der Waals surface area contributed by atoms with E-state index in [0.717, 1.165) is 38.6 Å². The van der Waals surface area contributed by atoms with E-state index in [1.54, 1.807) is 6.92 Å². The zero-order valence-electron chi connectivity index (χ0n) is 13.4. The Bertz CT molecular complexity index is 712. The lowest BCUT2D eigenvalue weighted by Crippen LogP contribution is -2.49. The van der Waals surface area contributed by atoms with Crippen LogP contribution in [0.25, 0.3) is 0 Å². The van der Waals surface area contributed by atoms with E-state index in [-0.39, 0.29) is 17.4 Å². The topological polar surface area (TPSA) is 95.2 Å². The predicted molar refractivity (Wildman–Crippen MR) is 89.1 cm³/mol. The molecule has 0 amide bonds. The predicted octanol–water partition coefficient (Wildman–Crippen LogP) is 0.767. The van der Waals surface area contributed by atoms with Gasteiger partial charge in [-0.25, -0.2) is 18.1 Å². The Morgan fingerprint density at radius 1 is 1.35 bits per heavy atom. The first-order valence-electron chi connectivity index (χ1n) is 8.24. The van der Waals surface area contributed by atoms with Crippen LogP contribution in [0.15, 0.2) is 10.9 Å². The Balaban J connectivity index is 1.64. The van der Waals surface area contributed by atoms with E-state index < -0.39 is 10.0 Å². The molecule has 1 aliphatic carbocycles. The van der Waals surface area contributed by atoms with Gasteiger partial charge < -0.3 is 4.90 Å². The van der Waals surface area contributed by atoms with Gasteiger partial charge in [0.15, 0.2) is 0 Å². The maximum atomic E-state index is 12.3. The highest BCUT2D eigenvalue weighted by molar-refractivity contribution is 7.89. The number of hydrogen-bond donors (Lipinski definition) is 2. The lowest BCUT2D eigenvalue weighted by molar-refractivity contribution is 0.344. The van der Waals surface area contributed by atoms with Crippen LogP contribution in [-0.2, 0) is 10.0 Å². The number of hydrogen-bond acceptors (Lipinski definition) is 5. The van der Waals surface area contributed by atoms with Crippen LogP contribution in [0.4, 0.5) is 5.95 Å². The van der Waals surface area contributed by atoms with Gasteiger partial charge in [-0.1, -0.05) is 6.42 Å². The molecular formula is C15H24N4O3S. The number of H-pyrrole nitrogens is 1. The van der Waals surface area contributed by atoms with Crippen molar-refractivity contribution >= 4 is 16.0 Å². The number of nitrogens with zero attached hydrogens (tertiary/aromatic N) is 2. The minimum Gasteiger partial charge on any atom is -0.341 e. The fourth-order valence-corrected chi connectivity index (χ4v) is 5.00. The van der Waals surface area contributed by atoms with Gasteiger partial charge in [-0.2, -0.15) is 0 Å². The van der Waals surface area contributed by atoms with Crippen LogP contribution in [0.3, 0.4) is 0 Å². The van der Waals surface area contributed by atoms with Crippen molar-refractivity contribution in [3.05, 3.63) is 22.1 Å². The Labute approximate surface area is 136 Å². The second-order valence-corrected chi connectivity index (χ2v) is 8.49. The third-order valence-corrected chi connectivity index (χ3v) is 6.21. The summed E-state index contributed by atoms with van der Waals surface area (Å²) in [5, 5.41) is 0. The number of anilines is 1. The van der Waals surface area contributed by atoms with E-state index in [1.165, 1.54) is 6.07 Å². The highest BCUT2D eigenvalue weighted by Gasteiger charge is 2.29. The third kappa shape index (κ3) is 4.32. The van der Waals surface area contributed by atoms with Gasteiger partial charge in [0.1, 0.15) is 0 Å². The molecule has 3 rings (SSSR count). The van der Waals surface area contributed by atoms with Gasteiger partial charge in [-0.05, 0) is 38.5 Å². The first-order valence-corrected chi connectivity index (χ1v) is 9.89. The largest absolute Gasteiger partial charge is 0.341 e. The molecule has 23 heavy (non-hydrogen) atoms. The Kier molecular flexibility index (Phi) is 4.72. The van der Waals surface area contributed by atoms with Gasteiger partial charge in [0.05, 0.1) is 5.75 Å². The molecule has 1 aliphatic heterocycles. The molecule has 8 heteroatoms. The van der Waals surface area contributed by atoms with E-state index in [2.05, 4.69) is 14.7 Å². The summed E-state index contributed by atoms with van der Waals surface area (Å²) >= 11 is 0. The van der Waals surface area contributed by atoms with E-state index in [4.69, 9.17) is 0 Å². The summed E-state index contributed by atoms with van der Waals surface area (Å²) in [6.07, 6.45) is 4.87. The van der Waals surface area contributed by atoms with Gasteiger partial charge >= 0.3 is 0 Å². The third-order valence-electron chi connectivity index (χ3n) is 4.60. The fourth-order valence-electron chi connectivity index (χ4n) is 3.25. The average molecular weight is 340 g/mol. The van der Waals surface area contributed by atoms with Gasteiger partial charge in [0, 0.05) is 30.9 Å². The van der Waals surface area contributed by atoms with Gasteiger partial charge in [0.2, 0.25) is 16.0 Å². The number of aromatic amines is 1. The van der Waals surface area contributed by atoms with Crippen LogP contribution < -0.4 is 15.2 Å². The molecule has 128 valence electrons. The Hall–Kier alpha value is -1.41. The summed E-state index contributed by atoms with van der Waals surface area (Å²) in [7, 11) is -3.23. The highest BCUT2D eigenvalue weighted by Crippen LogP contribution is 2.27. The van der Waals surface area contributed by atoms with Crippen molar-refractivity contribution in [3.63, 3.8) is 0 Å². The van der Waals surface area contributed by atoms with E-state index in [9.17, 15) is 13.2 Å². The summed E-state index contributed by atoms with van der Waals surface area (Å²) < 4.78 is 27.3. The first kappa shape index (κ1) is 16.4. The molecular weight excluding hydrogens is 316 g/mol. The van der Waals surface area contributed by atoms with E-state index in [0.29, 0.717) is 24.1 Å². The molecule has 0 aromatic carbocycles. The number of aryl methyl sites for hydroxylation is 1. The highest BCUT2D eigenvalue weighted by atomic mass is 32.2. The standard InChI is InChI=1S/C15H24N4O3S/c1-11-8-14(20)17-15(16-11)19-7-3-6-13(9-19)18-23(21,22)10-12-4-2-5-12/h8,12-13,18H,2-7,9-10H2,1H3,(H,16,17,20). The maximum Gasteiger partial charge on any atom is 0.252 e. The number of aromatic nitrogens is 2. The van der Waals surface area contributed by atoms with Crippen LogP contribution >= 0.6 is 0 Å². The van der Waals surface area contributed by atoms with Gasteiger partial charge in [-0.3, -0.25) is 9.78 Å². The molecule has 0 spiro atoms. The second kappa shape index (κ2) is 6.60. The van der Waals surface area contributed by atoms with E-state index >= 15 is 0 Å². The molecule has 2 N–H and O–H groups in total. The molecule has 2 fully saturated rings. The van der Waals surface area contributed by atoms with Crippen LogP contribution in [0.2, 0.25) is 0 Å². The second-order valence-electron chi connectivity index (χ2n) is 6.69. The lowest BCUT2D eigenvalue weighted by Gasteiger charge is -2.34. The zero-order valence-corrected chi connectivity index (χ0v) is 14.2. The summed E-state index contributed by atoms with van der Waals surface area (Å²) in [6.45, 7) is 3.09. The number of rotatable bonds is 5. The van der Waals surface area contributed by atoms with Crippen LogP contribution in [0.5, 0.6) is 0 Å². The smallest absolute Gasteiger partial charge is 0.252 e. The molecule has 0 bridgehead atoms. The van der Waals surface area contributed by atoms with Crippen molar-refractivity contribution in [2.75, 3.05) is 23.7 Å². The molecule has 2 aliphatic rings. The summed E-state index contributed by atoms with van der Waals surface area (Å²) in [5.41, 5.74) is 0.483. The Morgan fingerprint density at radius 3 is 2.78 bits per heavy atom. The quantitative estimate of drug-likeness (QED) is 0.825. The molecule has 1 aromatic heterocycles. The summed E-state index contributed by atoms with van der Waals surface area (Å²) in [4.78, 5) is 20.6. The summed E-state index contributed by atoms with van der Waals surface area (Å²) in [6, 6.07) is 1.33. The summed E-state index contributed by atoms with van der Waals surface area (Å²) in [5.74, 6) is 1.09. The van der Waals surface area contributed by atoms with Gasteiger partial charge in [-0.15, -0.1) is 0 Å². The lowest BCUT2D eigenvalue weighted by atomic mass is 9.87. The number of nitrogens with one attached hydrogen (secondary N) is 2. The van der Waals surface area contributed by atoms with Crippen LogP contribution in [0, 0.1) is 12.8 Å². The van der Waals surface area contributed by atoms with Crippen molar-refractivity contribution < 1.29 is 8.42 Å². The monoisotopic (exact) mass is 340 g/mol. The molecule has 1 unspecified atom stereocenters. The van der Waals surface area contributed by atoms with Crippen LogP contribution in [0.1, 0.15) is 37.8 Å². The minimum absolute atomic E-state index is 0.125. The molecule has 1 atom stereocenters. The van der Waals surface area contributed by atoms with Crippen molar-refractivity contribution in [1.82, 2.24) is 14.7 Å². The van der Waals surface area contributed by atoms with Crippen LogP contribution in [-0.4, -0.2) is 43.3 Å². The zero-order chi connectivity index (χ0) is 16.4. The van der Waals surface area contributed by atoms with Crippen molar-refractivity contribution in [1.29, 1.82) is 0 Å². The number of piperidine rings is 1. The Morgan fingerprint density at radius 2 is 2.13 bits per heavy atom.